The number of rotatable bonds is 6. The van der Waals surface area contributed by atoms with Crippen molar-refractivity contribution in [1.82, 2.24) is 4.57 Å². The zero-order valence-corrected chi connectivity index (χ0v) is 29.9. The highest BCUT2D eigenvalue weighted by Crippen LogP contribution is 2.49. The van der Waals surface area contributed by atoms with E-state index in [0.29, 0.717) is 0 Å². The van der Waals surface area contributed by atoms with Gasteiger partial charge in [-0.1, -0.05) is 127 Å². The molecule has 258 valence electrons. The van der Waals surface area contributed by atoms with Crippen LogP contribution in [0.5, 0.6) is 11.5 Å². The number of aromatic nitrogens is 1. The maximum absolute atomic E-state index is 6.63. The molecule has 0 radical (unpaired) electrons. The molecule has 0 saturated heterocycles. The van der Waals surface area contributed by atoms with Crippen LogP contribution in [0.15, 0.2) is 206 Å². The largest absolute Gasteiger partial charge is 0.456 e. The first-order chi connectivity index (χ1) is 27.3. The predicted molar refractivity (Wildman–Crippen MR) is 229 cm³/mol. The lowest BCUT2D eigenvalue weighted by molar-refractivity contribution is 0.487. The van der Waals surface area contributed by atoms with Gasteiger partial charge in [-0.05, 0) is 106 Å². The van der Waals surface area contributed by atoms with E-state index in [0.717, 1.165) is 45.2 Å². The van der Waals surface area contributed by atoms with E-state index in [9.17, 15) is 0 Å². The van der Waals surface area contributed by atoms with E-state index in [1.165, 1.54) is 55.0 Å². The highest BCUT2D eigenvalue weighted by molar-refractivity contribution is 6.10. The van der Waals surface area contributed by atoms with Crippen LogP contribution in [0.2, 0.25) is 0 Å². The molecule has 3 nitrogen and oxygen atoms in total. The minimum absolute atomic E-state index is 0.856. The van der Waals surface area contributed by atoms with E-state index in [2.05, 4.69) is 216 Å². The summed E-state index contributed by atoms with van der Waals surface area (Å²) in [6.45, 7) is 0. The molecule has 55 heavy (non-hydrogen) atoms. The topological polar surface area (TPSA) is 17.4 Å². The van der Waals surface area contributed by atoms with Gasteiger partial charge < -0.3 is 14.2 Å². The van der Waals surface area contributed by atoms with Gasteiger partial charge in [0.1, 0.15) is 11.5 Å². The smallest absolute Gasteiger partial charge is 0.137 e. The molecule has 11 rings (SSSR count). The van der Waals surface area contributed by atoms with Gasteiger partial charge >= 0.3 is 0 Å². The molecule has 0 saturated carbocycles. The van der Waals surface area contributed by atoms with Crippen molar-refractivity contribution in [3.8, 4) is 50.6 Å². The number of nitrogens with zero attached hydrogens (tertiary/aromatic N) is 2. The standard InChI is InChI=1S/C52H34N2O/c1-3-11-35(12-4-1)36-21-26-41(27-22-36)53(43-30-31-45-46-18-9-13-38-14-10-20-50(52(38)46)55-51(45)34-43)42-28-23-37(24-29-42)39-25-32-49-47(33-39)44-17-7-8-19-48(44)54(49)40-15-5-2-6-16-40/h1-34H. The first-order valence-electron chi connectivity index (χ1n) is 18.8. The normalized spacial score (nSPS) is 11.8. The molecule has 0 fully saturated rings. The summed E-state index contributed by atoms with van der Waals surface area (Å²) in [5.74, 6) is 1.75. The van der Waals surface area contributed by atoms with Crippen molar-refractivity contribution in [2.75, 3.05) is 4.90 Å². The summed E-state index contributed by atoms with van der Waals surface area (Å²) in [6.07, 6.45) is 0. The number of fused-ring (bicyclic) bond motifs is 5. The second-order valence-electron chi connectivity index (χ2n) is 14.2. The van der Waals surface area contributed by atoms with Crippen molar-refractivity contribution in [2.24, 2.45) is 0 Å². The van der Waals surface area contributed by atoms with Crippen molar-refractivity contribution in [3.05, 3.63) is 206 Å². The molecule has 0 bridgehead atoms. The van der Waals surface area contributed by atoms with Gasteiger partial charge in [-0.3, -0.25) is 0 Å². The van der Waals surface area contributed by atoms with Gasteiger partial charge in [-0.15, -0.1) is 0 Å². The number of ether oxygens (including phenoxy) is 1. The molecular formula is C52H34N2O. The summed E-state index contributed by atoms with van der Waals surface area (Å²) in [5, 5.41) is 4.84. The van der Waals surface area contributed by atoms with Crippen LogP contribution in [-0.4, -0.2) is 4.57 Å². The summed E-state index contributed by atoms with van der Waals surface area (Å²) >= 11 is 0. The van der Waals surface area contributed by atoms with E-state index in [1.54, 1.807) is 0 Å². The average molecular weight is 703 g/mol. The Hall–Kier alpha value is -7.36. The Kier molecular flexibility index (Phi) is 7.17. The van der Waals surface area contributed by atoms with Crippen LogP contribution in [0.25, 0.3) is 71.6 Å². The average Bonchev–Trinajstić information content (AvgIpc) is 3.59. The molecule has 0 amide bonds. The van der Waals surface area contributed by atoms with Crippen LogP contribution in [0.3, 0.4) is 0 Å². The molecule has 2 heterocycles. The maximum atomic E-state index is 6.63. The molecular weight excluding hydrogens is 669 g/mol. The predicted octanol–water partition coefficient (Wildman–Crippen LogP) is 14.5. The van der Waals surface area contributed by atoms with Crippen molar-refractivity contribution in [2.45, 2.75) is 0 Å². The fraction of sp³-hybridized carbons (Fsp3) is 0. The molecule has 9 aromatic carbocycles. The minimum atomic E-state index is 0.856. The lowest BCUT2D eigenvalue weighted by atomic mass is 9.94. The Bertz CT molecular complexity index is 3030. The van der Waals surface area contributed by atoms with E-state index in [-0.39, 0.29) is 0 Å². The fourth-order valence-corrected chi connectivity index (χ4v) is 8.38. The number of hydrogen-bond acceptors (Lipinski definition) is 2. The van der Waals surface area contributed by atoms with Gasteiger partial charge in [0.25, 0.3) is 0 Å². The number of para-hydroxylation sites is 2. The molecule has 0 aliphatic carbocycles. The summed E-state index contributed by atoms with van der Waals surface area (Å²) in [6, 6.07) is 73.8. The van der Waals surface area contributed by atoms with Crippen molar-refractivity contribution >= 4 is 49.6 Å². The number of anilines is 3. The van der Waals surface area contributed by atoms with Gasteiger partial charge in [0.05, 0.1) is 11.0 Å². The zero-order valence-electron chi connectivity index (χ0n) is 29.9. The van der Waals surface area contributed by atoms with Crippen LogP contribution >= 0.6 is 0 Å². The van der Waals surface area contributed by atoms with E-state index < -0.39 is 0 Å². The van der Waals surface area contributed by atoms with Crippen LogP contribution < -0.4 is 9.64 Å². The fourth-order valence-electron chi connectivity index (χ4n) is 8.38. The summed E-state index contributed by atoms with van der Waals surface area (Å²) in [4.78, 5) is 2.32. The first kappa shape index (κ1) is 31.2. The second kappa shape index (κ2) is 12.6. The first-order valence-corrected chi connectivity index (χ1v) is 18.8. The summed E-state index contributed by atoms with van der Waals surface area (Å²) in [5.41, 5.74) is 13.8. The quantitative estimate of drug-likeness (QED) is 0.172. The second-order valence-corrected chi connectivity index (χ2v) is 14.2. The number of benzene rings is 9. The van der Waals surface area contributed by atoms with Gasteiger partial charge in [0.2, 0.25) is 0 Å². The zero-order chi connectivity index (χ0) is 36.3. The Labute approximate surface area is 319 Å². The molecule has 0 N–H and O–H groups in total. The monoisotopic (exact) mass is 702 g/mol. The third-order valence-corrected chi connectivity index (χ3v) is 11.0. The molecule has 0 spiro atoms. The Morgan fingerprint density at radius 1 is 0.364 bits per heavy atom. The van der Waals surface area contributed by atoms with Gasteiger partial charge in [-0.2, -0.15) is 0 Å². The summed E-state index contributed by atoms with van der Waals surface area (Å²) in [7, 11) is 0. The maximum Gasteiger partial charge on any atom is 0.137 e. The highest BCUT2D eigenvalue weighted by atomic mass is 16.5. The molecule has 1 aromatic heterocycles. The van der Waals surface area contributed by atoms with Crippen molar-refractivity contribution in [3.63, 3.8) is 0 Å². The van der Waals surface area contributed by atoms with Crippen molar-refractivity contribution in [1.29, 1.82) is 0 Å². The molecule has 10 aromatic rings. The lowest BCUT2D eigenvalue weighted by Gasteiger charge is -2.28. The van der Waals surface area contributed by atoms with Crippen LogP contribution in [0, 0.1) is 0 Å². The van der Waals surface area contributed by atoms with Crippen LogP contribution in [0.1, 0.15) is 0 Å². The van der Waals surface area contributed by atoms with E-state index in [1.807, 2.05) is 0 Å². The Morgan fingerprint density at radius 2 is 0.964 bits per heavy atom. The summed E-state index contributed by atoms with van der Waals surface area (Å²) < 4.78 is 8.99. The van der Waals surface area contributed by atoms with E-state index in [4.69, 9.17) is 4.74 Å². The third-order valence-electron chi connectivity index (χ3n) is 11.0. The van der Waals surface area contributed by atoms with Crippen LogP contribution in [-0.2, 0) is 0 Å². The highest BCUT2D eigenvalue weighted by Gasteiger charge is 2.22. The molecule has 3 heteroatoms. The SMILES string of the molecule is c1ccc(-c2ccc(N(c3ccc(-c4ccc5c(c4)c4ccccc4n5-c4ccccc4)cc3)c3ccc4c(c3)Oc3cccc5cccc-4c35)cc2)cc1. The van der Waals surface area contributed by atoms with Crippen molar-refractivity contribution < 1.29 is 4.74 Å². The Morgan fingerprint density at radius 3 is 1.73 bits per heavy atom. The molecule has 1 aliphatic heterocycles. The van der Waals surface area contributed by atoms with Gasteiger partial charge in [0.15, 0.2) is 0 Å². The minimum Gasteiger partial charge on any atom is -0.456 e. The molecule has 0 unspecified atom stereocenters. The van der Waals surface area contributed by atoms with Gasteiger partial charge in [0, 0.05) is 50.5 Å². The Balaban J connectivity index is 1.01. The van der Waals surface area contributed by atoms with E-state index >= 15 is 0 Å². The van der Waals surface area contributed by atoms with Crippen LogP contribution in [0.4, 0.5) is 17.1 Å². The molecule has 1 aliphatic rings. The lowest BCUT2D eigenvalue weighted by Crippen LogP contribution is -2.10. The van der Waals surface area contributed by atoms with Gasteiger partial charge in [-0.25, -0.2) is 0 Å². The molecule has 0 atom stereocenters. The third kappa shape index (κ3) is 5.20. The number of hydrogen-bond donors (Lipinski definition) is 0.